The Hall–Kier alpha value is -0.860. The number of hydrogen-bond donors (Lipinski definition) is 3. The number of aliphatic hydroxyl groups is 1. The molecule has 6 heteroatoms. The molecule has 0 bridgehead atoms. The molecule has 1 heterocycles. The number of nitrogens with one attached hydrogen (secondary N) is 2. The zero-order valence-electron chi connectivity index (χ0n) is 17.1. The molecule has 1 aromatic rings. The van der Waals surface area contributed by atoms with Crippen LogP contribution in [0.5, 0.6) is 0 Å². The van der Waals surface area contributed by atoms with Crippen LogP contribution in [0.2, 0.25) is 0 Å². The van der Waals surface area contributed by atoms with E-state index in [1.807, 2.05) is 24.3 Å². The van der Waals surface area contributed by atoms with Crippen molar-refractivity contribution in [3.05, 3.63) is 35.4 Å². The summed E-state index contributed by atoms with van der Waals surface area (Å²) in [5.74, 6) is 0.811. The SMILES string of the molecule is CCCCN1CCC(NC(=NCC(O)c2ccc(C)cc2)NCC)CC1.I. The van der Waals surface area contributed by atoms with E-state index in [1.165, 1.54) is 24.9 Å². The number of aliphatic imine (C=N–C) groups is 1. The number of halogens is 1. The molecule has 0 saturated carbocycles. The maximum Gasteiger partial charge on any atom is 0.191 e. The minimum atomic E-state index is -0.568. The summed E-state index contributed by atoms with van der Waals surface area (Å²) in [5.41, 5.74) is 2.11. The summed E-state index contributed by atoms with van der Waals surface area (Å²) >= 11 is 0. The van der Waals surface area contributed by atoms with E-state index in [-0.39, 0.29) is 24.0 Å². The summed E-state index contributed by atoms with van der Waals surface area (Å²) in [4.78, 5) is 7.17. The summed E-state index contributed by atoms with van der Waals surface area (Å²) < 4.78 is 0. The number of likely N-dealkylation sites (tertiary alicyclic amines) is 1. The highest BCUT2D eigenvalue weighted by Gasteiger charge is 2.19. The van der Waals surface area contributed by atoms with Crippen LogP contribution >= 0.6 is 24.0 Å². The van der Waals surface area contributed by atoms with Crippen molar-refractivity contribution >= 4 is 29.9 Å². The van der Waals surface area contributed by atoms with E-state index in [4.69, 9.17) is 0 Å². The molecule has 0 aromatic heterocycles. The fourth-order valence-electron chi connectivity index (χ4n) is 3.27. The molecule has 27 heavy (non-hydrogen) atoms. The lowest BCUT2D eigenvalue weighted by atomic mass is 10.0. The average molecular weight is 488 g/mol. The van der Waals surface area contributed by atoms with E-state index in [9.17, 15) is 5.11 Å². The largest absolute Gasteiger partial charge is 0.386 e. The van der Waals surface area contributed by atoms with Crippen molar-refractivity contribution in [2.75, 3.05) is 32.7 Å². The summed E-state index contributed by atoms with van der Waals surface area (Å²) in [6, 6.07) is 8.46. The van der Waals surface area contributed by atoms with Gasteiger partial charge in [0, 0.05) is 25.7 Å². The van der Waals surface area contributed by atoms with Crippen LogP contribution in [-0.2, 0) is 0 Å². The lowest BCUT2D eigenvalue weighted by Gasteiger charge is -2.33. The molecular formula is C21H37IN4O. The zero-order valence-corrected chi connectivity index (χ0v) is 19.4. The summed E-state index contributed by atoms with van der Waals surface area (Å²) in [5, 5.41) is 17.2. The number of hydrogen-bond acceptors (Lipinski definition) is 3. The number of guanidine groups is 1. The predicted molar refractivity (Wildman–Crippen MR) is 125 cm³/mol. The molecule has 2 rings (SSSR count). The second-order valence-electron chi connectivity index (χ2n) is 7.26. The number of rotatable bonds is 8. The Kier molecular flexibility index (Phi) is 11.9. The van der Waals surface area contributed by atoms with Gasteiger partial charge in [-0.3, -0.25) is 4.99 Å². The van der Waals surface area contributed by atoms with Crippen molar-refractivity contribution in [1.82, 2.24) is 15.5 Å². The monoisotopic (exact) mass is 488 g/mol. The third-order valence-electron chi connectivity index (χ3n) is 4.98. The molecule has 1 aromatic carbocycles. The predicted octanol–water partition coefficient (Wildman–Crippen LogP) is 3.47. The number of aryl methyl sites for hydroxylation is 1. The van der Waals surface area contributed by atoms with Crippen LogP contribution in [0.4, 0.5) is 0 Å². The van der Waals surface area contributed by atoms with E-state index in [0.29, 0.717) is 12.6 Å². The molecule has 1 fully saturated rings. The van der Waals surface area contributed by atoms with E-state index in [0.717, 1.165) is 44.0 Å². The van der Waals surface area contributed by atoms with Crippen LogP contribution in [0.3, 0.4) is 0 Å². The van der Waals surface area contributed by atoms with Gasteiger partial charge in [0.05, 0.1) is 12.6 Å². The van der Waals surface area contributed by atoms with Gasteiger partial charge in [0.15, 0.2) is 5.96 Å². The first-order chi connectivity index (χ1) is 12.6. The first-order valence-corrected chi connectivity index (χ1v) is 10.1. The highest BCUT2D eigenvalue weighted by Crippen LogP contribution is 2.14. The van der Waals surface area contributed by atoms with Crippen molar-refractivity contribution in [2.45, 2.75) is 58.6 Å². The molecule has 1 aliphatic rings. The molecule has 1 unspecified atom stereocenters. The standard InChI is InChI=1S/C21H36N4O.HI/c1-4-6-13-25-14-11-19(12-15-25)24-21(22-5-2)23-16-20(26)18-9-7-17(3)8-10-18;/h7-10,19-20,26H,4-6,11-16H2,1-3H3,(H2,22,23,24);1H. The van der Waals surface area contributed by atoms with Crippen molar-refractivity contribution in [2.24, 2.45) is 4.99 Å². The smallest absolute Gasteiger partial charge is 0.191 e. The van der Waals surface area contributed by atoms with Gasteiger partial charge in [0.25, 0.3) is 0 Å². The Bertz CT molecular complexity index is 542. The highest BCUT2D eigenvalue weighted by atomic mass is 127. The maximum atomic E-state index is 10.4. The molecule has 1 atom stereocenters. The minimum Gasteiger partial charge on any atom is -0.386 e. The van der Waals surface area contributed by atoms with Crippen molar-refractivity contribution < 1.29 is 5.11 Å². The number of nitrogens with zero attached hydrogens (tertiary/aromatic N) is 2. The van der Waals surface area contributed by atoms with Crippen molar-refractivity contribution in [1.29, 1.82) is 0 Å². The third-order valence-corrected chi connectivity index (χ3v) is 4.98. The van der Waals surface area contributed by atoms with Gasteiger partial charge in [-0.2, -0.15) is 0 Å². The molecule has 154 valence electrons. The molecule has 1 saturated heterocycles. The van der Waals surface area contributed by atoms with E-state index in [1.54, 1.807) is 0 Å². The lowest BCUT2D eigenvalue weighted by Crippen LogP contribution is -2.48. The van der Waals surface area contributed by atoms with Crippen molar-refractivity contribution in [3.8, 4) is 0 Å². The Morgan fingerprint density at radius 3 is 2.48 bits per heavy atom. The van der Waals surface area contributed by atoms with Crippen LogP contribution in [-0.4, -0.2) is 54.7 Å². The van der Waals surface area contributed by atoms with Crippen LogP contribution in [0.1, 0.15) is 56.8 Å². The van der Waals surface area contributed by atoms with E-state index < -0.39 is 6.10 Å². The topological polar surface area (TPSA) is 59.9 Å². The quantitative estimate of drug-likeness (QED) is 0.298. The second-order valence-corrected chi connectivity index (χ2v) is 7.26. The van der Waals surface area contributed by atoms with E-state index in [2.05, 4.69) is 41.3 Å². The number of benzene rings is 1. The van der Waals surface area contributed by atoms with Crippen molar-refractivity contribution in [3.63, 3.8) is 0 Å². The average Bonchev–Trinajstić information content (AvgIpc) is 2.66. The molecule has 5 nitrogen and oxygen atoms in total. The third kappa shape index (κ3) is 8.79. The Labute approximate surface area is 182 Å². The molecule has 0 spiro atoms. The Balaban J connectivity index is 0.00000364. The van der Waals surface area contributed by atoms with Gasteiger partial charge < -0.3 is 20.6 Å². The molecule has 1 aliphatic heterocycles. The molecule has 0 aliphatic carbocycles. The Morgan fingerprint density at radius 2 is 1.89 bits per heavy atom. The number of piperidine rings is 1. The van der Waals surface area contributed by atoms with Crippen LogP contribution < -0.4 is 10.6 Å². The highest BCUT2D eigenvalue weighted by molar-refractivity contribution is 14.0. The minimum absolute atomic E-state index is 0. The number of aliphatic hydroxyl groups excluding tert-OH is 1. The number of unbranched alkanes of at least 4 members (excludes halogenated alkanes) is 1. The Morgan fingerprint density at radius 1 is 1.22 bits per heavy atom. The van der Waals surface area contributed by atoms with Crippen LogP contribution in [0.15, 0.2) is 29.3 Å². The molecule has 0 amide bonds. The van der Waals surface area contributed by atoms with Crippen LogP contribution in [0, 0.1) is 6.92 Å². The molecule has 0 radical (unpaired) electrons. The van der Waals surface area contributed by atoms with Gasteiger partial charge in [-0.25, -0.2) is 0 Å². The zero-order chi connectivity index (χ0) is 18.8. The molecule has 3 N–H and O–H groups in total. The van der Waals surface area contributed by atoms with Gasteiger partial charge in [0.2, 0.25) is 0 Å². The van der Waals surface area contributed by atoms with Crippen LogP contribution in [0.25, 0.3) is 0 Å². The van der Waals surface area contributed by atoms with Gasteiger partial charge in [-0.15, -0.1) is 24.0 Å². The second kappa shape index (κ2) is 13.3. The summed E-state index contributed by atoms with van der Waals surface area (Å²) in [6.07, 6.45) is 4.28. The van der Waals surface area contributed by atoms with Gasteiger partial charge in [-0.1, -0.05) is 43.2 Å². The van der Waals surface area contributed by atoms with E-state index >= 15 is 0 Å². The lowest BCUT2D eigenvalue weighted by molar-refractivity contribution is 0.186. The summed E-state index contributed by atoms with van der Waals surface area (Å²) in [7, 11) is 0. The fourth-order valence-corrected chi connectivity index (χ4v) is 3.27. The van der Waals surface area contributed by atoms with Gasteiger partial charge >= 0.3 is 0 Å². The normalized spacial score (nSPS) is 17.3. The first kappa shape index (κ1) is 24.2. The summed E-state index contributed by atoms with van der Waals surface area (Å²) in [6.45, 7) is 11.1. The molecular weight excluding hydrogens is 451 g/mol. The first-order valence-electron chi connectivity index (χ1n) is 10.1. The van der Waals surface area contributed by atoms with Gasteiger partial charge in [0.1, 0.15) is 0 Å². The maximum absolute atomic E-state index is 10.4. The fraction of sp³-hybridized carbons (Fsp3) is 0.667. The van der Waals surface area contributed by atoms with Gasteiger partial charge in [-0.05, 0) is 45.2 Å².